The van der Waals surface area contributed by atoms with Gasteiger partial charge < -0.3 is 14.7 Å². The first-order valence-corrected chi connectivity index (χ1v) is 10.9. The third-order valence-corrected chi connectivity index (χ3v) is 6.30. The maximum Gasteiger partial charge on any atom is 0.341 e. The second kappa shape index (κ2) is 8.45. The van der Waals surface area contributed by atoms with Gasteiger partial charge in [0.25, 0.3) is 0 Å². The van der Waals surface area contributed by atoms with Crippen LogP contribution in [0.3, 0.4) is 0 Å². The average Bonchev–Trinajstić information content (AvgIpc) is 2.83. The number of nitrogens with zero attached hydrogens (tertiary/aromatic N) is 4. The zero-order chi connectivity index (χ0) is 24.0. The molecule has 0 atom stereocenters. The standard InChI is InChI=1S/C24H23FN4O5/c1-26-14-34-23-20-16(22(31)17(24(32)33)12-29(20)26)11-18(25)21(23)28-9-7-27(8-10-28)13-19(30)15-5-3-2-4-6-15/h2-6,11-12H,7-10,13-14H2,1H3,(H,32,33). The number of halogens is 1. The molecular weight excluding hydrogens is 443 g/mol. The molecule has 0 unspecified atom stereocenters. The van der Waals surface area contributed by atoms with Crippen molar-refractivity contribution in [3.8, 4) is 5.75 Å². The highest BCUT2D eigenvalue weighted by Gasteiger charge is 2.31. The van der Waals surface area contributed by atoms with Crippen LogP contribution in [0.2, 0.25) is 0 Å². The zero-order valence-electron chi connectivity index (χ0n) is 18.5. The summed E-state index contributed by atoms with van der Waals surface area (Å²) in [5.74, 6) is -1.77. The highest BCUT2D eigenvalue weighted by atomic mass is 19.1. The number of hydrogen-bond donors (Lipinski definition) is 1. The third kappa shape index (κ3) is 3.65. The molecule has 5 rings (SSSR count). The number of rotatable bonds is 5. The Kier molecular flexibility index (Phi) is 5.45. The van der Waals surface area contributed by atoms with Crippen LogP contribution in [0.1, 0.15) is 20.7 Å². The molecule has 0 amide bonds. The number of ketones is 1. The summed E-state index contributed by atoms with van der Waals surface area (Å²) in [6, 6.07) is 10.2. The number of aromatic carboxylic acids is 1. The molecule has 1 aromatic heterocycles. The van der Waals surface area contributed by atoms with Crippen molar-refractivity contribution in [2.75, 3.05) is 56.4 Å². The molecule has 176 valence electrons. The number of piperazine rings is 1. The molecule has 0 radical (unpaired) electrons. The van der Waals surface area contributed by atoms with Gasteiger partial charge in [0.1, 0.15) is 16.8 Å². The lowest BCUT2D eigenvalue weighted by Crippen LogP contribution is -2.48. The maximum atomic E-state index is 15.3. The van der Waals surface area contributed by atoms with Gasteiger partial charge in [-0.15, -0.1) is 0 Å². The van der Waals surface area contributed by atoms with Gasteiger partial charge in [0.2, 0.25) is 5.43 Å². The van der Waals surface area contributed by atoms with E-state index in [2.05, 4.69) is 0 Å². The van der Waals surface area contributed by atoms with Crippen LogP contribution in [-0.2, 0) is 0 Å². The summed E-state index contributed by atoms with van der Waals surface area (Å²) in [7, 11) is 1.68. The monoisotopic (exact) mass is 466 g/mol. The van der Waals surface area contributed by atoms with E-state index >= 15 is 4.39 Å². The summed E-state index contributed by atoms with van der Waals surface area (Å²) < 4.78 is 22.7. The van der Waals surface area contributed by atoms with Crippen LogP contribution in [0.25, 0.3) is 10.9 Å². The summed E-state index contributed by atoms with van der Waals surface area (Å²) in [5.41, 5.74) is 0.0449. The van der Waals surface area contributed by atoms with Gasteiger partial charge in [-0.2, -0.15) is 0 Å². The Morgan fingerprint density at radius 2 is 1.82 bits per heavy atom. The highest BCUT2D eigenvalue weighted by molar-refractivity contribution is 5.98. The minimum absolute atomic E-state index is 0.0330. The molecule has 2 aliphatic rings. The molecule has 0 bridgehead atoms. The summed E-state index contributed by atoms with van der Waals surface area (Å²) in [4.78, 5) is 40.7. The number of pyridine rings is 1. The summed E-state index contributed by atoms with van der Waals surface area (Å²) in [5, 5.41) is 11.0. The van der Waals surface area contributed by atoms with Gasteiger partial charge in [-0.25, -0.2) is 9.18 Å². The predicted molar refractivity (Wildman–Crippen MR) is 124 cm³/mol. The number of carboxylic acid groups (broad SMARTS) is 1. The number of hydrogen-bond acceptors (Lipinski definition) is 7. The van der Waals surface area contributed by atoms with Gasteiger partial charge in [-0.1, -0.05) is 30.3 Å². The number of carboxylic acids is 1. The SMILES string of the molecule is CN1COc2c(N3CCN(CC(=O)c4ccccc4)CC3)c(F)cc3c(=O)c(C(=O)O)cn1c23. The maximum absolute atomic E-state index is 15.3. The van der Waals surface area contributed by atoms with Gasteiger partial charge in [0, 0.05) is 45.0 Å². The number of ether oxygens (including phenoxy) is 1. The van der Waals surface area contributed by atoms with Gasteiger partial charge in [-0.3, -0.25) is 24.2 Å². The van der Waals surface area contributed by atoms with Crippen molar-refractivity contribution in [3.63, 3.8) is 0 Å². The van der Waals surface area contributed by atoms with Crippen molar-refractivity contribution in [3.05, 3.63) is 69.8 Å². The molecule has 1 fully saturated rings. The molecule has 0 aliphatic carbocycles. The van der Waals surface area contributed by atoms with Crippen molar-refractivity contribution < 1.29 is 23.8 Å². The predicted octanol–water partition coefficient (Wildman–Crippen LogP) is 1.76. The Balaban J connectivity index is 1.45. The zero-order valence-corrected chi connectivity index (χ0v) is 18.5. The lowest BCUT2D eigenvalue weighted by molar-refractivity contribution is 0.0694. The fraction of sp³-hybridized carbons (Fsp3) is 0.292. The van der Waals surface area contributed by atoms with Crippen LogP contribution < -0.4 is 20.1 Å². The van der Waals surface area contributed by atoms with E-state index < -0.39 is 22.8 Å². The van der Waals surface area contributed by atoms with E-state index in [4.69, 9.17) is 4.74 Å². The fourth-order valence-corrected chi connectivity index (χ4v) is 4.52. The van der Waals surface area contributed by atoms with Crippen LogP contribution in [-0.4, -0.2) is 72.9 Å². The van der Waals surface area contributed by atoms with Gasteiger partial charge in [-0.05, 0) is 6.07 Å². The molecule has 3 aromatic rings. The lowest BCUT2D eigenvalue weighted by atomic mass is 10.1. The Bertz CT molecular complexity index is 1350. The van der Waals surface area contributed by atoms with E-state index in [0.29, 0.717) is 37.3 Å². The largest absolute Gasteiger partial charge is 0.477 e. The summed E-state index contributed by atoms with van der Waals surface area (Å²) >= 11 is 0. The van der Waals surface area contributed by atoms with Crippen LogP contribution in [0.15, 0.2) is 47.4 Å². The number of benzene rings is 2. The number of aromatic nitrogens is 1. The molecule has 2 aliphatic heterocycles. The Morgan fingerprint density at radius 1 is 1.12 bits per heavy atom. The molecule has 34 heavy (non-hydrogen) atoms. The summed E-state index contributed by atoms with van der Waals surface area (Å²) in [6.45, 7) is 2.39. The van der Waals surface area contributed by atoms with E-state index in [9.17, 15) is 19.5 Å². The Labute approximate surface area is 194 Å². The van der Waals surface area contributed by atoms with Crippen molar-refractivity contribution in [1.82, 2.24) is 9.58 Å². The van der Waals surface area contributed by atoms with E-state index in [-0.39, 0.29) is 35.9 Å². The number of carbonyl (C=O) groups excluding carboxylic acids is 1. The van der Waals surface area contributed by atoms with Gasteiger partial charge in [0.05, 0.1) is 11.9 Å². The van der Waals surface area contributed by atoms with E-state index in [1.165, 1.54) is 10.9 Å². The Hall–Kier alpha value is -3.92. The van der Waals surface area contributed by atoms with Crippen LogP contribution in [0, 0.1) is 5.82 Å². The van der Waals surface area contributed by atoms with E-state index in [0.717, 1.165) is 6.07 Å². The first-order valence-electron chi connectivity index (χ1n) is 10.9. The van der Waals surface area contributed by atoms with E-state index in [1.54, 1.807) is 24.2 Å². The smallest absolute Gasteiger partial charge is 0.341 e. The van der Waals surface area contributed by atoms with Gasteiger partial charge in [0.15, 0.2) is 24.1 Å². The van der Waals surface area contributed by atoms with Crippen LogP contribution in [0.4, 0.5) is 10.1 Å². The normalized spacial score (nSPS) is 15.9. The third-order valence-electron chi connectivity index (χ3n) is 6.30. The fourth-order valence-electron chi connectivity index (χ4n) is 4.52. The van der Waals surface area contributed by atoms with E-state index in [1.807, 2.05) is 28.0 Å². The van der Waals surface area contributed by atoms with Crippen LogP contribution >= 0.6 is 0 Å². The molecule has 0 spiro atoms. The quantitative estimate of drug-likeness (QED) is 0.569. The molecule has 0 saturated carbocycles. The average molecular weight is 466 g/mol. The molecule has 10 heteroatoms. The Morgan fingerprint density at radius 3 is 2.50 bits per heavy atom. The molecule has 3 heterocycles. The summed E-state index contributed by atoms with van der Waals surface area (Å²) in [6.07, 6.45) is 1.24. The number of Topliss-reactive ketones (excluding diaryl/α,β-unsaturated/α-hetero) is 1. The second-order valence-corrected chi connectivity index (χ2v) is 8.44. The lowest BCUT2D eigenvalue weighted by Gasteiger charge is -2.38. The minimum atomic E-state index is -1.37. The molecule has 1 N–H and O–H groups in total. The van der Waals surface area contributed by atoms with Crippen molar-refractivity contribution in [1.29, 1.82) is 0 Å². The van der Waals surface area contributed by atoms with Crippen molar-refractivity contribution in [2.45, 2.75) is 0 Å². The number of anilines is 1. The van der Waals surface area contributed by atoms with Crippen molar-refractivity contribution >= 4 is 28.3 Å². The van der Waals surface area contributed by atoms with Gasteiger partial charge >= 0.3 is 5.97 Å². The first-order chi connectivity index (χ1) is 16.3. The topological polar surface area (TPSA) is 95.3 Å². The molecular formula is C24H23FN4O5. The number of carbonyl (C=O) groups is 2. The van der Waals surface area contributed by atoms with Crippen molar-refractivity contribution in [2.24, 2.45) is 0 Å². The highest BCUT2D eigenvalue weighted by Crippen LogP contribution is 2.40. The first kappa shape index (κ1) is 21.9. The molecule has 2 aromatic carbocycles. The molecule has 1 saturated heterocycles. The van der Waals surface area contributed by atoms with Crippen LogP contribution in [0.5, 0.6) is 5.75 Å². The minimum Gasteiger partial charge on any atom is -0.477 e. The second-order valence-electron chi connectivity index (χ2n) is 8.44. The molecule has 9 nitrogen and oxygen atoms in total.